The second-order valence-electron chi connectivity index (χ2n) is 7.65. The van der Waals surface area contributed by atoms with E-state index in [1.165, 1.54) is 0 Å². The predicted octanol–water partition coefficient (Wildman–Crippen LogP) is 3.97. The zero-order valence-electron chi connectivity index (χ0n) is 16.1. The molecule has 1 aliphatic heterocycles. The Bertz CT molecular complexity index is 849. The van der Waals surface area contributed by atoms with Crippen LogP contribution in [0.5, 0.6) is 0 Å². The minimum absolute atomic E-state index is 0.118. The molecule has 2 aromatic carbocycles. The summed E-state index contributed by atoms with van der Waals surface area (Å²) >= 11 is 0. The van der Waals surface area contributed by atoms with E-state index < -0.39 is 6.09 Å². The second-order valence-corrected chi connectivity index (χ2v) is 7.65. The SMILES string of the molecule is CC1(C)CC(Nc2ccc(C(=O)Nc3ccccc3NC(=O)O)cc2)CCN1. The number of piperidine rings is 1. The maximum Gasteiger partial charge on any atom is 0.409 e. The van der Waals surface area contributed by atoms with Crippen LogP contribution in [0.3, 0.4) is 0 Å². The topological polar surface area (TPSA) is 102 Å². The molecule has 2 amide bonds. The molecule has 0 saturated carbocycles. The van der Waals surface area contributed by atoms with E-state index in [2.05, 4.69) is 35.1 Å². The number of benzene rings is 2. The van der Waals surface area contributed by atoms with E-state index in [0.717, 1.165) is 25.1 Å². The second kappa shape index (κ2) is 8.31. The van der Waals surface area contributed by atoms with Gasteiger partial charge >= 0.3 is 6.09 Å². The molecule has 1 unspecified atom stereocenters. The summed E-state index contributed by atoms with van der Waals surface area (Å²) in [5, 5.41) is 21.0. The van der Waals surface area contributed by atoms with Crippen LogP contribution in [0.25, 0.3) is 0 Å². The summed E-state index contributed by atoms with van der Waals surface area (Å²) < 4.78 is 0. The van der Waals surface area contributed by atoms with Crippen LogP contribution in [-0.4, -0.2) is 35.2 Å². The van der Waals surface area contributed by atoms with Gasteiger partial charge in [0.25, 0.3) is 5.91 Å². The van der Waals surface area contributed by atoms with Crippen LogP contribution in [0.2, 0.25) is 0 Å². The average Bonchev–Trinajstić information content (AvgIpc) is 2.62. The normalized spacial score (nSPS) is 18.1. The molecule has 28 heavy (non-hydrogen) atoms. The number of hydrogen-bond donors (Lipinski definition) is 5. The molecule has 148 valence electrons. The van der Waals surface area contributed by atoms with E-state index in [9.17, 15) is 9.59 Å². The van der Waals surface area contributed by atoms with Gasteiger partial charge in [-0.15, -0.1) is 0 Å². The van der Waals surface area contributed by atoms with Crippen molar-refractivity contribution in [2.75, 3.05) is 22.5 Å². The number of carboxylic acid groups (broad SMARTS) is 1. The Morgan fingerprint density at radius 2 is 1.68 bits per heavy atom. The van der Waals surface area contributed by atoms with Gasteiger partial charge in [0.2, 0.25) is 0 Å². The number of nitrogens with one attached hydrogen (secondary N) is 4. The van der Waals surface area contributed by atoms with E-state index >= 15 is 0 Å². The number of carbonyl (C=O) groups is 2. The number of amides is 2. The van der Waals surface area contributed by atoms with Gasteiger partial charge in [0, 0.05) is 22.8 Å². The van der Waals surface area contributed by atoms with Gasteiger partial charge in [-0.1, -0.05) is 12.1 Å². The van der Waals surface area contributed by atoms with Gasteiger partial charge in [0.15, 0.2) is 0 Å². The van der Waals surface area contributed by atoms with Gasteiger partial charge in [0.05, 0.1) is 11.4 Å². The number of carbonyl (C=O) groups excluding carboxylic acids is 1. The number of para-hydroxylation sites is 2. The third-order valence-electron chi connectivity index (χ3n) is 4.79. The lowest BCUT2D eigenvalue weighted by molar-refractivity contribution is 0.102. The molecule has 1 saturated heterocycles. The zero-order valence-corrected chi connectivity index (χ0v) is 16.1. The van der Waals surface area contributed by atoms with Crippen molar-refractivity contribution in [3.63, 3.8) is 0 Å². The van der Waals surface area contributed by atoms with Crippen LogP contribution in [-0.2, 0) is 0 Å². The van der Waals surface area contributed by atoms with E-state index in [1.54, 1.807) is 36.4 Å². The first-order chi connectivity index (χ1) is 13.3. The van der Waals surface area contributed by atoms with Gasteiger partial charge in [-0.2, -0.15) is 0 Å². The monoisotopic (exact) mass is 382 g/mol. The molecule has 1 aliphatic rings. The third kappa shape index (κ3) is 5.23. The van der Waals surface area contributed by atoms with Crippen molar-refractivity contribution in [1.29, 1.82) is 0 Å². The van der Waals surface area contributed by atoms with Crippen molar-refractivity contribution in [2.45, 2.75) is 38.3 Å². The van der Waals surface area contributed by atoms with Crippen molar-refractivity contribution in [3.8, 4) is 0 Å². The number of rotatable bonds is 5. The summed E-state index contributed by atoms with van der Waals surface area (Å²) in [6.45, 7) is 5.38. The first-order valence-electron chi connectivity index (χ1n) is 9.34. The Balaban J connectivity index is 1.64. The molecule has 3 rings (SSSR count). The van der Waals surface area contributed by atoms with Gasteiger partial charge in [-0.3, -0.25) is 10.1 Å². The Kier molecular flexibility index (Phi) is 5.84. The largest absolute Gasteiger partial charge is 0.465 e. The lowest BCUT2D eigenvalue weighted by Gasteiger charge is -2.37. The molecular weight excluding hydrogens is 356 g/mol. The highest BCUT2D eigenvalue weighted by atomic mass is 16.4. The first kappa shape index (κ1) is 19.7. The standard InChI is InChI=1S/C21H26N4O3/c1-21(2)13-16(11-12-22-21)23-15-9-7-14(8-10-15)19(26)24-17-5-3-4-6-18(17)25-20(27)28/h3-10,16,22-23,25H,11-13H2,1-2H3,(H,24,26)(H,27,28). The average molecular weight is 382 g/mol. The molecule has 1 heterocycles. The number of hydrogen-bond acceptors (Lipinski definition) is 4. The molecule has 2 aromatic rings. The highest BCUT2D eigenvalue weighted by molar-refractivity contribution is 6.06. The van der Waals surface area contributed by atoms with Gasteiger partial charge in [0.1, 0.15) is 0 Å². The molecule has 0 spiro atoms. The number of anilines is 3. The maximum atomic E-state index is 12.5. The van der Waals surface area contributed by atoms with Crippen LogP contribution in [0.4, 0.5) is 21.9 Å². The zero-order chi connectivity index (χ0) is 20.1. The highest BCUT2D eigenvalue weighted by Crippen LogP contribution is 2.24. The molecule has 7 nitrogen and oxygen atoms in total. The Morgan fingerprint density at radius 1 is 1.04 bits per heavy atom. The van der Waals surface area contributed by atoms with E-state index in [0.29, 0.717) is 23.0 Å². The van der Waals surface area contributed by atoms with Crippen LogP contribution >= 0.6 is 0 Å². The fourth-order valence-corrected chi connectivity index (χ4v) is 3.46. The van der Waals surface area contributed by atoms with Crippen LogP contribution in [0, 0.1) is 0 Å². The van der Waals surface area contributed by atoms with Crippen molar-refractivity contribution in [3.05, 3.63) is 54.1 Å². The Morgan fingerprint density at radius 3 is 2.29 bits per heavy atom. The van der Waals surface area contributed by atoms with Crippen LogP contribution in [0.15, 0.2) is 48.5 Å². The van der Waals surface area contributed by atoms with Gasteiger partial charge < -0.3 is 21.1 Å². The molecule has 5 N–H and O–H groups in total. The summed E-state index contributed by atoms with van der Waals surface area (Å²) in [4.78, 5) is 23.4. The summed E-state index contributed by atoms with van der Waals surface area (Å²) in [5.41, 5.74) is 2.34. The maximum absolute atomic E-state index is 12.5. The van der Waals surface area contributed by atoms with Gasteiger partial charge in [-0.05, 0) is 69.6 Å². The Labute approximate surface area is 164 Å². The minimum atomic E-state index is -1.18. The van der Waals surface area contributed by atoms with Crippen molar-refractivity contribution >= 4 is 29.1 Å². The third-order valence-corrected chi connectivity index (χ3v) is 4.79. The quantitative estimate of drug-likeness (QED) is 0.538. The molecule has 1 fully saturated rings. The lowest BCUT2D eigenvalue weighted by Crippen LogP contribution is -2.49. The summed E-state index contributed by atoms with van der Waals surface area (Å²) in [7, 11) is 0. The molecule has 7 heteroatoms. The van der Waals surface area contributed by atoms with E-state index in [4.69, 9.17) is 5.11 Å². The summed E-state index contributed by atoms with van der Waals surface area (Å²) in [6, 6.07) is 14.4. The molecular formula is C21H26N4O3. The minimum Gasteiger partial charge on any atom is -0.465 e. The summed E-state index contributed by atoms with van der Waals surface area (Å²) in [5.74, 6) is -0.297. The highest BCUT2D eigenvalue weighted by Gasteiger charge is 2.27. The molecule has 0 aromatic heterocycles. The Hall–Kier alpha value is -3.06. The van der Waals surface area contributed by atoms with E-state index in [1.807, 2.05) is 12.1 Å². The van der Waals surface area contributed by atoms with Crippen molar-refractivity contribution in [2.24, 2.45) is 0 Å². The molecule has 0 radical (unpaired) electrons. The molecule has 0 bridgehead atoms. The summed E-state index contributed by atoms with van der Waals surface area (Å²) in [6.07, 6.45) is 0.903. The lowest BCUT2D eigenvalue weighted by atomic mass is 9.89. The van der Waals surface area contributed by atoms with Crippen LogP contribution < -0.4 is 21.3 Å². The van der Waals surface area contributed by atoms with Gasteiger partial charge in [-0.25, -0.2) is 4.79 Å². The van der Waals surface area contributed by atoms with Crippen molar-refractivity contribution in [1.82, 2.24) is 5.32 Å². The first-order valence-corrected chi connectivity index (χ1v) is 9.34. The smallest absolute Gasteiger partial charge is 0.409 e. The van der Waals surface area contributed by atoms with Crippen LogP contribution in [0.1, 0.15) is 37.0 Å². The fraction of sp³-hybridized carbons (Fsp3) is 0.333. The predicted molar refractivity (Wildman–Crippen MR) is 111 cm³/mol. The molecule has 1 atom stereocenters. The van der Waals surface area contributed by atoms with E-state index in [-0.39, 0.29) is 11.4 Å². The fourth-order valence-electron chi connectivity index (χ4n) is 3.46. The van der Waals surface area contributed by atoms with Crippen molar-refractivity contribution < 1.29 is 14.7 Å². The molecule has 0 aliphatic carbocycles.